The Kier molecular flexibility index (Phi) is 3.81. The van der Waals surface area contributed by atoms with Crippen molar-refractivity contribution in [2.24, 2.45) is 0 Å². The largest absolute Gasteiger partial charge is 0.464 e. The summed E-state index contributed by atoms with van der Waals surface area (Å²) >= 11 is 0. The number of likely N-dealkylation sites (tertiary alicyclic amines) is 1. The molecule has 1 aromatic carbocycles. The smallest absolute Gasteiger partial charge is 0.279 e. The maximum Gasteiger partial charge on any atom is 0.279 e. The van der Waals surface area contributed by atoms with E-state index in [1.807, 2.05) is 6.07 Å². The third-order valence-electron chi connectivity index (χ3n) is 4.46. The molecule has 1 fully saturated rings. The predicted molar refractivity (Wildman–Crippen MR) is 80.0 cm³/mol. The molecule has 1 saturated heterocycles. The Labute approximate surface area is 123 Å². The van der Waals surface area contributed by atoms with E-state index in [1.165, 1.54) is 6.42 Å². The summed E-state index contributed by atoms with van der Waals surface area (Å²) in [5, 5.41) is 0.868. The summed E-state index contributed by atoms with van der Waals surface area (Å²) in [6, 6.07) is 7.10. The van der Waals surface area contributed by atoms with Crippen LogP contribution in [-0.2, 0) is 0 Å². The zero-order valence-electron chi connectivity index (χ0n) is 12.2. The van der Waals surface area contributed by atoms with Crippen LogP contribution in [0, 0.1) is 0 Å². The highest BCUT2D eigenvalue weighted by Crippen LogP contribution is 2.29. The number of quaternary nitrogens is 1. The molecule has 0 bridgehead atoms. The van der Waals surface area contributed by atoms with Gasteiger partial charge in [0.25, 0.3) is 6.08 Å². The quantitative estimate of drug-likeness (QED) is 0.749. The van der Waals surface area contributed by atoms with E-state index < -0.39 is 6.08 Å². The molecule has 2 aromatic rings. The van der Waals surface area contributed by atoms with Crippen LogP contribution >= 0.6 is 0 Å². The zero-order valence-corrected chi connectivity index (χ0v) is 12.2. The standard InChI is InChI=1S/C17H20F2NO/c1-20(8-3-2-4-9-20)12-15(17(18)19)13-5-6-16-14(11-13)7-10-21-16/h5-7,10-11H,2-4,8-9,12H2,1H3/q+1. The summed E-state index contributed by atoms with van der Waals surface area (Å²) in [4.78, 5) is 0. The molecule has 21 heavy (non-hydrogen) atoms. The van der Waals surface area contributed by atoms with Crippen molar-refractivity contribution < 1.29 is 17.7 Å². The second-order valence-corrected chi connectivity index (χ2v) is 6.20. The lowest BCUT2D eigenvalue weighted by atomic mass is 10.0. The predicted octanol–water partition coefficient (Wildman–Crippen LogP) is 4.67. The maximum atomic E-state index is 13.5. The van der Waals surface area contributed by atoms with Gasteiger partial charge in [-0.2, -0.15) is 8.78 Å². The summed E-state index contributed by atoms with van der Waals surface area (Å²) in [6.07, 6.45) is 3.48. The van der Waals surface area contributed by atoms with Gasteiger partial charge in [0.1, 0.15) is 12.1 Å². The van der Waals surface area contributed by atoms with Crippen molar-refractivity contribution in [3.05, 3.63) is 42.2 Å². The third-order valence-corrected chi connectivity index (χ3v) is 4.46. The van der Waals surface area contributed by atoms with Crippen LogP contribution in [0.1, 0.15) is 24.8 Å². The van der Waals surface area contributed by atoms with Crippen LogP contribution in [0.2, 0.25) is 0 Å². The van der Waals surface area contributed by atoms with Crippen LogP contribution in [0.3, 0.4) is 0 Å². The van der Waals surface area contributed by atoms with Crippen LogP contribution < -0.4 is 0 Å². The summed E-state index contributed by atoms with van der Waals surface area (Å²) in [5.74, 6) is 0. The van der Waals surface area contributed by atoms with Crippen LogP contribution in [-0.4, -0.2) is 31.2 Å². The lowest BCUT2D eigenvalue weighted by Crippen LogP contribution is -2.48. The maximum absolute atomic E-state index is 13.5. The Morgan fingerprint density at radius 1 is 1.14 bits per heavy atom. The molecule has 1 aromatic heterocycles. The molecule has 3 rings (SSSR count). The van der Waals surface area contributed by atoms with Crippen molar-refractivity contribution in [3.8, 4) is 0 Å². The molecular formula is C17H20F2NO+. The fraction of sp³-hybridized carbons (Fsp3) is 0.412. The number of hydrogen-bond donors (Lipinski definition) is 0. The van der Waals surface area contributed by atoms with Gasteiger partial charge in [0, 0.05) is 5.39 Å². The Bertz CT molecular complexity index is 664. The molecule has 2 heterocycles. The first-order chi connectivity index (χ1) is 10.1. The minimum Gasteiger partial charge on any atom is -0.464 e. The summed E-state index contributed by atoms with van der Waals surface area (Å²) < 4.78 is 32.9. The van der Waals surface area contributed by atoms with Crippen molar-refractivity contribution in [3.63, 3.8) is 0 Å². The Morgan fingerprint density at radius 3 is 2.62 bits per heavy atom. The Balaban J connectivity index is 1.92. The fourth-order valence-corrected chi connectivity index (χ4v) is 3.23. The van der Waals surface area contributed by atoms with Gasteiger partial charge in [0.15, 0.2) is 0 Å². The molecule has 0 aliphatic carbocycles. The van der Waals surface area contributed by atoms with Gasteiger partial charge >= 0.3 is 0 Å². The van der Waals surface area contributed by atoms with E-state index >= 15 is 0 Å². The highest BCUT2D eigenvalue weighted by atomic mass is 19.3. The highest BCUT2D eigenvalue weighted by molar-refractivity contribution is 5.82. The number of furan rings is 1. The molecule has 0 spiro atoms. The lowest BCUT2D eigenvalue weighted by Gasteiger charge is -2.38. The van der Waals surface area contributed by atoms with Crippen LogP contribution in [0.15, 0.2) is 41.0 Å². The molecule has 0 radical (unpaired) electrons. The monoisotopic (exact) mass is 292 g/mol. The van der Waals surface area contributed by atoms with E-state index in [0.717, 1.165) is 36.9 Å². The SMILES string of the molecule is C[N+]1(CC(=C(F)F)c2ccc3occc3c2)CCCCC1. The second kappa shape index (κ2) is 5.60. The first-order valence-corrected chi connectivity index (χ1v) is 7.43. The van der Waals surface area contributed by atoms with Crippen LogP contribution in [0.4, 0.5) is 8.78 Å². The molecular weight excluding hydrogens is 272 g/mol. The molecule has 0 amide bonds. The van der Waals surface area contributed by atoms with Crippen LogP contribution in [0.25, 0.3) is 16.5 Å². The molecule has 0 N–H and O–H groups in total. The topological polar surface area (TPSA) is 13.1 Å². The van der Waals surface area contributed by atoms with Crippen molar-refractivity contribution in [2.75, 3.05) is 26.7 Å². The molecule has 1 aliphatic heterocycles. The summed E-state index contributed by atoms with van der Waals surface area (Å²) in [5.41, 5.74) is 1.51. The van der Waals surface area contributed by atoms with E-state index in [-0.39, 0.29) is 5.57 Å². The molecule has 0 atom stereocenters. The van der Waals surface area contributed by atoms with Crippen molar-refractivity contribution in [1.29, 1.82) is 0 Å². The Hall–Kier alpha value is -1.68. The summed E-state index contributed by atoms with van der Waals surface area (Å²) in [6.45, 7) is 2.35. The summed E-state index contributed by atoms with van der Waals surface area (Å²) in [7, 11) is 2.08. The molecule has 2 nitrogen and oxygen atoms in total. The molecule has 0 unspecified atom stereocenters. The normalized spacial score (nSPS) is 17.9. The van der Waals surface area contributed by atoms with Crippen molar-refractivity contribution in [1.82, 2.24) is 0 Å². The number of piperidine rings is 1. The lowest BCUT2D eigenvalue weighted by molar-refractivity contribution is -0.906. The van der Waals surface area contributed by atoms with Crippen molar-refractivity contribution >= 4 is 16.5 Å². The van der Waals surface area contributed by atoms with Gasteiger partial charge in [0.2, 0.25) is 0 Å². The molecule has 4 heteroatoms. The first kappa shape index (κ1) is 14.3. The molecule has 112 valence electrons. The zero-order chi connectivity index (χ0) is 14.9. The Morgan fingerprint density at radius 2 is 1.90 bits per heavy atom. The van der Waals surface area contributed by atoms with Crippen LogP contribution in [0.5, 0.6) is 0 Å². The van der Waals surface area contributed by atoms with E-state index in [2.05, 4.69) is 7.05 Å². The fourth-order valence-electron chi connectivity index (χ4n) is 3.23. The average molecular weight is 292 g/mol. The van der Waals surface area contributed by atoms with E-state index in [4.69, 9.17) is 4.42 Å². The van der Waals surface area contributed by atoms with Gasteiger partial charge in [-0.3, -0.25) is 0 Å². The number of rotatable bonds is 3. The molecule has 1 aliphatic rings. The van der Waals surface area contributed by atoms with Gasteiger partial charge in [0.05, 0.1) is 32.0 Å². The van der Waals surface area contributed by atoms with E-state index in [1.54, 1.807) is 24.5 Å². The minimum atomic E-state index is -1.57. The minimum absolute atomic E-state index is 0.169. The van der Waals surface area contributed by atoms with Crippen molar-refractivity contribution in [2.45, 2.75) is 19.3 Å². The van der Waals surface area contributed by atoms with Gasteiger partial charge < -0.3 is 8.90 Å². The number of nitrogens with zero attached hydrogens (tertiary/aromatic N) is 1. The average Bonchev–Trinajstić information content (AvgIpc) is 2.92. The number of benzene rings is 1. The van der Waals surface area contributed by atoms with Gasteiger partial charge in [-0.1, -0.05) is 6.07 Å². The van der Waals surface area contributed by atoms with E-state index in [9.17, 15) is 8.78 Å². The first-order valence-electron chi connectivity index (χ1n) is 7.43. The number of halogens is 2. The second-order valence-electron chi connectivity index (χ2n) is 6.20. The number of hydrogen-bond acceptors (Lipinski definition) is 1. The third kappa shape index (κ3) is 3.00. The number of likely N-dealkylation sites (N-methyl/N-ethyl adjacent to an activating group) is 1. The molecule has 0 saturated carbocycles. The van der Waals surface area contributed by atoms with Gasteiger partial charge in [-0.15, -0.1) is 0 Å². The van der Waals surface area contributed by atoms with Gasteiger partial charge in [-0.25, -0.2) is 0 Å². The van der Waals surface area contributed by atoms with E-state index in [0.29, 0.717) is 16.6 Å². The number of fused-ring (bicyclic) bond motifs is 1. The van der Waals surface area contributed by atoms with Gasteiger partial charge in [-0.05, 0) is 43.0 Å². The highest BCUT2D eigenvalue weighted by Gasteiger charge is 2.28.